The van der Waals surface area contributed by atoms with E-state index in [9.17, 15) is 14.4 Å². The van der Waals surface area contributed by atoms with Gasteiger partial charge in [-0.15, -0.1) is 0 Å². The van der Waals surface area contributed by atoms with E-state index in [1.807, 2.05) is 32.0 Å². The molecule has 1 saturated heterocycles. The third-order valence-corrected chi connectivity index (χ3v) is 5.60. The largest absolute Gasteiger partial charge is 0.497 e. The van der Waals surface area contributed by atoms with Gasteiger partial charge in [0, 0.05) is 12.2 Å². The van der Waals surface area contributed by atoms with Crippen LogP contribution < -0.4 is 15.0 Å². The first-order valence-electron chi connectivity index (χ1n) is 10.1. The number of benzene rings is 1. The van der Waals surface area contributed by atoms with Gasteiger partial charge < -0.3 is 15.0 Å². The van der Waals surface area contributed by atoms with E-state index in [0.717, 1.165) is 47.6 Å². The number of imide groups is 1. The Morgan fingerprint density at radius 1 is 1.21 bits per heavy atom. The van der Waals surface area contributed by atoms with E-state index >= 15 is 0 Å². The number of carbonyl (C=O) groups is 3. The van der Waals surface area contributed by atoms with Gasteiger partial charge in [0.25, 0.3) is 5.91 Å². The molecule has 4 amide bonds. The lowest BCUT2D eigenvalue weighted by Crippen LogP contribution is -2.48. The summed E-state index contributed by atoms with van der Waals surface area (Å²) in [5.74, 6) is 0.242. The summed E-state index contributed by atoms with van der Waals surface area (Å²) in [4.78, 5) is 41.3. The van der Waals surface area contributed by atoms with E-state index in [0.29, 0.717) is 19.4 Å². The molecule has 1 fully saturated rings. The molecular formula is C21H29N3O4. The van der Waals surface area contributed by atoms with E-state index in [1.165, 1.54) is 0 Å². The fraction of sp³-hybridized carbons (Fsp3) is 0.571. The summed E-state index contributed by atoms with van der Waals surface area (Å²) in [6.45, 7) is 4.33. The maximum Gasteiger partial charge on any atom is 0.325 e. The Labute approximate surface area is 166 Å². The van der Waals surface area contributed by atoms with Gasteiger partial charge >= 0.3 is 6.03 Å². The van der Waals surface area contributed by atoms with Crippen LogP contribution in [0.3, 0.4) is 0 Å². The van der Waals surface area contributed by atoms with Crippen molar-refractivity contribution in [1.82, 2.24) is 10.2 Å². The molecule has 0 spiro atoms. The number of carbonyl (C=O) groups excluding carboxylic acids is 3. The number of ether oxygens (including phenoxy) is 1. The summed E-state index contributed by atoms with van der Waals surface area (Å²) in [6, 6.07) is 5.17. The van der Waals surface area contributed by atoms with Crippen molar-refractivity contribution in [2.24, 2.45) is 0 Å². The summed E-state index contributed by atoms with van der Waals surface area (Å²) in [5, 5.41) is 2.86. The van der Waals surface area contributed by atoms with Crippen molar-refractivity contribution in [3.63, 3.8) is 0 Å². The molecule has 7 heteroatoms. The summed E-state index contributed by atoms with van der Waals surface area (Å²) < 4.78 is 5.27. The van der Waals surface area contributed by atoms with Crippen LogP contribution in [0.1, 0.15) is 51.5 Å². The smallest absolute Gasteiger partial charge is 0.325 e. The van der Waals surface area contributed by atoms with Crippen molar-refractivity contribution < 1.29 is 19.1 Å². The number of anilines is 1. The van der Waals surface area contributed by atoms with Crippen LogP contribution in [0.2, 0.25) is 0 Å². The number of amides is 4. The summed E-state index contributed by atoms with van der Waals surface area (Å²) in [6.07, 6.45) is 4.45. The number of methoxy groups -OCH3 is 1. The van der Waals surface area contributed by atoms with E-state index in [-0.39, 0.29) is 18.4 Å². The second-order valence-electron chi connectivity index (χ2n) is 7.55. The Kier molecular flexibility index (Phi) is 5.91. The van der Waals surface area contributed by atoms with E-state index < -0.39 is 11.6 Å². The molecule has 2 aliphatic rings. The highest BCUT2D eigenvalue weighted by Gasteiger charge is 2.50. The van der Waals surface area contributed by atoms with Crippen LogP contribution in [0.15, 0.2) is 18.2 Å². The molecule has 28 heavy (non-hydrogen) atoms. The van der Waals surface area contributed by atoms with Gasteiger partial charge in [0.1, 0.15) is 17.8 Å². The van der Waals surface area contributed by atoms with Crippen LogP contribution in [0, 0.1) is 0 Å². The lowest BCUT2D eigenvalue weighted by Gasteiger charge is -2.31. The molecule has 3 rings (SSSR count). The molecule has 0 aliphatic carbocycles. The minimum absolute atomic E-state index is 0.231. The molecule has 0 radical (unpaired) electrons. The normalized spacial score (nSPS) is 18.1. The van der Waals surface area contributed by atoms with Crippen LogP contribution in [0.4, 0.5) is 10.5 Å². The average Bonchev–Trinajstić information content (AvgIpc) is 2.91. The van der Waals surface area contributed by atoms with Crippen molar-refractivity contribution in [1.29, 1.82) is 0 Å². The van der Waals surface area contributed by atoms with Gasteiger partial charge in [0.05, 0.1) is 7.11 Å². The van der Waals surface area contributed by atoms with Crippen molar-refractivity contribution >= 4 is 23.5 Å². The molecular weight excluding hydrogens is 358 g/mol. The Hall–Kier alpha value is -2.57. The molecule has 2 heterocycles. The second-order valence-corrected chi connectivity index (χ2v) is 7.55. The molecule has 2 aliphatic heterocycles. The topological polar surface area (TPSA) is 79.0 Å². The third kappa shape index (κ3) is 3.57. The fourth-order valence-electron chi connectivity index (χ4n) is 4.32. The van der Waals surface area contributed by atoms with Gasteiger partial charge in [-0.3, -0.25) is 14.5 Å². The predicted molar refractivity (Wildman–Crippen MR) is 106 cm³/mol. The standard InChI is InChI=1S/C21H29N3O4/c1-4-10-21(11-5-2)19(26)24(20(27)22-21)14-18(25)23-12-6-7-15-13-16(28-3)8-9-17(15)23/h8-9,13H,4-7,10-12,14H2,1-3H3,(H,22,27). The first-order valence-corrected chi connectivity index (χ1v) is 10.1. The fourth-order valence-corrected chi connectivity index (χ4v) is 4.32. The van der Waals surface area contributed by atoms with Crippen molar-refractivity contribution in [2.75, 3.05) is 25.1 Å². The zero-order valence-corrected chi connectivity index (χ0v) is 16.9. The first kappa shape index (κ1) is 20.2. The van der Waals surface area contributed by atoms with Gasteiger partial charge in [-0.1, -0.05) is 26.7 Å². The second kappa shape index (κ2) is 8.20. The highest BCUT2D eigenvalue weighted by atomic mass is 16.5. The van der Waals surface area contributed by atoms with Crippen molar-refractivity contribution in [3.8, 4) is 5.75 Å². The quantitative estimate of drug-likeness (QED) is 0.730. The molecule has 1 N–H and O–H groups in total. The number of nitrogens with zero attached hydrogens (tertiary/aromatic N) is 2. The first-order chi connectivity index (χ1) is 13.5. The van der Waals surface area contributed by atoms with Gasteiger partial charge in [0.2, 0.25) is 5.91 Å². The number of fused-ring (bicyclic) bond motifs is 1. The molecule has 1 aromatic carbocycles. The lowest BCUT2D eigenvalue weighted by molar-refractivity contribution is -0.134. The predicted octanol–water partition coefficient (Wildman–Crippen LogP) is 2.87. The molecule has 0 bridgehead atoms. The number of rotatable bonds is 7. The minimum atomic E-state index is -0.867. The van der Waals surface area contributed by atoms with E-state index in [4.69, 9.17) is 4.74 Å². The number of urea groups is 1. The van der Waals surface area contributed by atoms with Crippen LogP contribution in [-0.4, -0.2) is 48.5 Å². The molecule has 0 unspecified atom stereocenters. The van der Waals surface area contributed by atoms with Crippen LogP contribution >= 0.6 is 0 Å². The third-order valence-electron chi connectivity index (χ3n) is 5.60. The number of hydrogen-bond acceptors (Lipinski definition) is 4. The van der Waals surface area contributed by atoms with Gasteiger partial charge in [0.15, 0.2) is 0 Å². The van der Waals surface area contributed by atoms with Crippen LogP contribution in [-0.2, 0) is 16.0 Å². The molecule has 1 aromatic rings. The Morgan fingerprint density at radius 2 is 1.93 bits per heavy atom. The summed E-state index contributed by atoms with van der Waals surface area (Å²) >= 11 is 0. The van der Waals surface area contributed by atoms with Gasteiger partial charge in [-0.25, -0.2) is 4.79 Å². The molecule has 152 valence electrons. The van der Waals surface area contributed by atoms with E-state index in [2.05, 4.69) is 5.32 Å². The highest BCUT2D eigenvalue weighted by molar-refractivity contribution is 6.10. The molecule has 7 nitrogen and oxygen atoms in total. The monoisotopic (exact) mass is 387 g/mol. The lowest BCUT2D eigenvalue weighted by atomic mass is 9.88. The maximum atomic E-state index is 13.0. The zero-order valence-electron chi connectivity index (χ0n) is 16.9. The Morgan fingerprint density at radius 3 is 2.57 bits per heavy atom. The Bertz CT molecular complexity index is 771. The maximum absolute atomic E-state index is 13.0. The van der Waals surface area contributed by atoms with Crippen molar-refractivity contribution in [2.45, 2.75) is 57.9 Å². The number of nitrogens with one attached hydrogen (secondary N) is 1. The molecule has 0 atom stereocenters. The van der Waals surface area contributed by atoms with Gasteiger partial charge in [-0.2, -0.15) is 0 Å². The molecule has 0 aromatic heterocycles. The average molecular weight is 387 g/mol. The highest BCUT2D eigenvalue weighted by Crippen LogP contribution is 2.32. The summed E-state index contributed by atoms with van der Waals surface area (Å²) in [7, 11) is 1.62. The Balaban J connectivity index is 1.79. The SMILES string of the molecule is CCCC1(CCC)NC(=O)N(CC(=O)N2CCCc3cc(OC)ccc32)C1=O. The minimum Gasteiger partial charge on any atom is -0.497 e. The van der Waals surface area contributed by atoms with Crippen molar-refractivity contribution in [3.05, 3.63) is 23.8 Å². The number of hydrogen-bond donors (Lipinski definition) is 1. The zero-order chi connectivity index (χ0) is 20.3. The summed E-state index contributed by atoms with van der Waals surface area (Å²) in [5.41, 5.74) is 1.01. The van der Waals surface area contributed by atoms with Crippen LogP contribution in [0.25, 0.3) is 0 Å². The molecule has 0 saturated carbocycles. The van der Waals surface area contributed by atoms with E-state index in [1.54, 1.807) is 12.0 Å². The van der Waals surface area contributed by atoms with Gasteiger partial charge in [-0.05, 0) is 49.4 Å². The van der Waals surface area contributed by atoms with Crippen LogP contribution in [0.5, 0.6) is 5.75 Å². The number of aryl methyl sites for hydroxylation is 1.